The quantitative estimate of drug-likeness (QED) is 0.721. The van der Waals surface area contributed by atoms with E-state index in [1.807, 2.05) is 73.3 Å². The van der Waals surface area contributed by atoms with Crippen molar-refractivity contribution >= 4 is 28.3 Å². The second kappa shape index (κ2) is 8.00. The van der Waals surface area contributed by atoms with Gasteiger partial charge in [-0.15, -0.1) is 0 Å². The first-order valence-corrected chi connectivity index (χ1v) is 10.1. The van der Waals surface area contributed by atoms with Crippen molar-refractivity contribution < 1.29 is 4.74 Å². The summed E-state index contributed by atoms with van der Waals surface area (Å²) in [5.41, 5.74) is 6.71. The fraction of sp³-hybridized carbons (Fsp3) is 0.190. The maximum Gasteiger partial charge on any atom is 0.297 e. The number of nitrogens with zero attached hydrogens (tertiary/aromatic N) is 4. The van der Waals surface area contributed by atoms with E-state index < -0.39 is 0 Å². The van der Waals surface area contributed by atoms with Crippen LogP contribution in [0.4, 0.5) is 5.69 Å². The van der Waals surface area contributed by atoms with Gasteiger partial charge in [0.05, 0.1) is 24.2 Å². The highest BCUT2D eigenvalue weighted by atomic mass is 32.2. The van der Waals surface area contributed by atoms with E-state index in [-0.39, 0.29) is 5.56 Å². The lowest BCUT2D eigenvalue weighted by Gasteiger charge is -2.15. The third-order valence-corrected chi connectivity index (χ3v) is 5.65. The fourth-order valence-corrected chi connectivity index (χ4v) is 3.88. The number of hydrazone groups is 1. The van der Waals surface area contributed by atoms with Gasteiger partial charge >= 0.3 is 0 Å². The van der Waals surface area contributed by atoms with E-state index in [0.717, 1.165) is 28.4 Å². The predicted molar refractivity (Wildman–Crippen MR) is 118 cm³/mol. The van der Waals surface area contributed by atoms with Gasteiger partial charge in [0.25, 0.3) is 5.56 Å². The number of nitrogens with one attached hydrogen (secondary N) is 1. The molecule has 0 amide bonds. The van der Waals surface area contributed by atoms with Gasteiger partial charge in [0.15, 0.2) is 10.9 Å². The van der Waals surface area contributed by atoms with Crippen LogP contribution < -0.4 is 15.7 Å². The fourth-order valence-electron chi connectivity index (χ4n) is 3.11. The summed E-state index contributed by atoms with van der Waals surface area (Å²) in [5, 5.41) is 5.04. The van der Waals surface area contributed by atoms with E-state index in [0.29, 0.717) is 16.6 Å². The summed E-state index contributed by atoms with van der Waals surface area (Å²) in [6.07, 6.45) is 0. The van der Waals surface area contributed by atoms with Crippen LogP contribution in [0, 0.1) is 6.92 Å². The van der Waals surface area contributed by atoms with Crippen LogP contribution in [0.2, 0.25) is 0 Å². The average molecular weight is 407 g/mol. The molecule has 0 atom stereocenters. The van der Waals surface area contributed by atoms with Crippen molar-refractivity contribution in [1.82, 2.24) is 14.8 Å². The number of aliphatic imine (C=N–C) groups is 1. The SMILES string of the molecule is COc1cccc(C2=NNC(=Nc3c(C)n(C)n(-c4ccccc4)c3=O)SC2)c1. The first-order valence-electron chi connectivity index (χ1n) is 9.11. The summed E-state index contributed by atoms with van der Waals surface area (Å²) in [6.45, 7) is 1.89. The van der Waals surface area contributed by atoms with Gasteiger partial charge in [0, 0.05) is 18.4 Å². The number of hydrogen-bond acceptors (Lipinski definition) is 5. The zero-order chi connectivity index (χ0) is 20.4. The van der Waals surface area contributed by atoms with Crippen molar-refractivity contribution in [3.05, 3.63) is 76.2 Å². The molecule has 0 saturated carbocycles. The van der Waals surface area contributed by atoms with Gasteiger partial charge in [-0.25, -0.2) is 9.67 Å². The largest absolute Gasteiger partial charge is 0.497 e. The zero-order valence-electron chi connectivity index (χ0n) is 16.4. The first-order chi connectivity index (χ1) is 14.1. The van der Waals surface area contributed by atoms with Crippen molar-refractivity contribution in [2.75, 3.05) is 12.9 Å². The van der Waals surface area contributed by atoms with Gasteiger partial charge in [-0.05, 0) is 31.2 Å². The maximum absolute atomic E-state index is 13.0. The third-order valence-electron chi connectivity index (χ3n) is 4.77. The molecule has 7 nitrogen and oxygen atoms in total. The van der Waals surface area contributed by atoms with Crippen molar-refractivity contribution in [2.24, 2.45) is 17.1 Å². The number of amidine groups is 1. The van der Waals surface area contributed by atoms with Gasteiger partial charge in [-0.3, -0.25) is 14.9 Å². The molecule has 8 heteroatoms. The Morgan fingerprint density at radius 3 is 2.66 bits per heavy atom. The number of aromatic nitrogens is 2. The van der Waals surface area contributed by atoms with Gasteiger partial charge < -0.3 is 4.74 Å². The van der Waals surface area contributed by atoms with Crippen molar-refractivity contribution in [3.8, 4) is 11.4 Å². The van der Waals surface area contributed by atoms with Gasteiger partial charge in [-0.2, -0.15) is 5.10 Å². The molecule has 148 valence electrons. The van der Waals surface area contributed by atoms with Gasteiger partial charge in [0.2, 0.25) is 0 Å². The molecule has 1 aromatic heterocycles. The summed E-state index contributed by atoms with van der Waals surface area (Å²) >= 11 is 1.51. The molecule has 0 bridgehead atoms. The summed E-state index contributed by atoms with van der Waals surface area (Å²) in [7, 11) is 3.50. The molecule has 0 fully saturated rings. The molecular weight excluding hydrogens is 386 g/mol. The Morgan fingerprint density at radius 2 is 1.97 bits per heavy atom. The minimum atomic E-state index is -0.159. The minimum Gasteiger partial charge on any atom is -0.497 e. The molecule has 1 aliphatic rings. The lowest BCUT2D eigenvalue weighted by molar-refractivity contribution is 0.414. The molecule has 1 N–H and O–H groups in total. The van der Waals surface area contributed by atoms with Crippen molar-refractivity contribution in [1.29, 1.82) is 0 Å². The second-order valence-corrected chi connectivity index (χ2v) is 7.48. The predicted octanol–water partition coefficient (Wildman–Crippen LogP) is 3.22. The number of benzene rings is 2. The van der Waals surface area contributed by atoms with Crippen LogP contribution in [0.1, 0.15) is 11.3 Å². The monoisotopic (exact) mass is 407 g/mol. The molecule has 0 spiro atoms. The highest BCUT2D eigenvalue weighted by molar-refractivity contribution is 8.14. The summed E-state index contributed by atoms with van der Waals surface area (Å²) < 4.78 is 8.71. The molecule has 0 radical (unpaired) electrons. The molecule has 2 aromatic carbocycles. The van der Waals surface area contributed by atoms with E-state index in [1.165, 1.54) is 11.8 Å². The Hall–Kier alpha value is -3.26. The van der Waals surface area contributed by atoms with Crippen LogP contribution in [-0.4, -0.2) is 33.1 Å². The number of methoxy groups -OCH3 is 1. The first kappa shape index (κ1) is 19.1. The summed E-state index contributed by atoms with van der Waals surface area (Å²) in [6, 6.07) is 17.3. The highest BCUT2D eigenvalue weighted by Crippen LogP contribution is 2.22. The molecule has 29 heavy (non-hydrogen) atoms. The molecular formula is C21H21N5O2S. The van der Waals surface area contributed by atoms with Crippen LogP contribution >= 0.6 is 11.8 Å². The topological polar surface area (TPSA) is 72.9 Å². The molecule has 3 aromatic rings. The molecule has 0 aliphatic carbocycles. The van der Waals surface area contributed by atoms with E-state index in [1.54, 1.807) is 11.8 Å². The van der Waals surface area contributed by atoms with Crippen molar-refractivity contribution in [2.45, 2.75) is 6.92 Å². The van der Waals surface area contributed by atoms with Crippen LogP contribution in [0.15, 0.2) is 69.5 Å². The van der Waals surface area contributed by atoms with Crippen LogP contribution in [0.5, 0.6) is 5.75 Å². The Kier molecular flexibility index (Phi) is 5.26. The molecule has 2 heterocycles. The van der Waals surface area contributed by atoms with Gasteiger partial charge in [-0.1, -0.05) is 42.1 Å². The molecule has 4 rings (SSSR count). The summed E-state index contributed by atoms with van der Waals surface area (Å²) in [5.74, 6) is 1.44. The molecule has 0 saturated heterocycles. The van der Waals surface area contributed by atoms with Crippen LogP contribution in [-0.2, 0) is 7.05 Å². The van der Waals surface area contributed by atoms with E-state index in [4.69, 9.17) is 4.74 Å². The Labute approximate surface area is 172 Å². The maximum atomic E-state index is 13.0. The smallest absolute Gasteiger partial charge is 0.297 e. The highest BCUT2D eigenvalue weighted by Gasteiger charge is 2.19. The minimum absolute atomic E-state index is 0.159. The lowest BCUT2D eigenvalue weighted by Crippen LogP contribution is -2.25. The standard InChI is InChI=1S/C21H21N5O2S/c1-14-19(20(27)26(25(14)2)16-9-5-4-6-10-16)22-21-24-23-18(13-29-21)15-8-7-11-17(12-15)28-3/h4-12H,13H2,1-3H3,(H,22,24). The summed E-state index contributed by atoms with van der Waals surface area (Å²) in [4.78, 5) is 17.6. The number of rotatable bonds is 4. The van der Waals surface area contributed by atoms with E-state index >= 15 is 0 Å². The number of hydrogen-bond donors (Lipinski definition) is 1. The van der Waals surface area contributed by atoms with Crippen LogP contribution in [0.25, 0.3) is 5.69 Å². The second-order valence-electron chi connectivity index (χ2n) is 6.52. The molecule has 0 unspecified atom stereocenters. The van der Waals surface area contributed by atoms with Gasteiger partial charge in [0.1, 0.15) is 5.75 Å². The Balaban J connectivity index is 1.63. The number of thioether (sulfide) groups is 1. The average Bonchev–Trinajstić information content (AvgIpc) is 2.98. The Bertz CT molecular complexity index is 1160. The third kappa shape index (κ3) is 3.71. The van der Waals surface area contributed by atoms with E-state index in [2.05, 4.69) is 15.5 Å². The van der Waals surface area contributed by atoms with Crippen LogP contribution in [0.3, 0.4) is 0 Å². The number of ether oxygens (including phenoxy) is 1. The normalized spacial score (nSPS) is 15.1. The zero-order valence-corrected chi connectivity index (χ0v) is 17.2. The molecule has 1 aliphatic heterocycles. The Morgan fingerprint density at radius 1 is 1.17 bits per heavy atom. The van der Waals surface area contributed by atoms with E-state index in [9.17, 15) is 4.79 Å². The lowest BCUT2D eigenvalue weighted by atomic mass is 10.1. The van der Waals surface area contributed by atoms with Crippen molar-refractivity contribution in [3.63, 3.8) is 0 Å². The number of para-hydroxylation sites is 1.